The highest BCUT2D eigenvalue weighted by Crippen LogP contribution is 2.22. The van der Waals surface area contributed by atoms with Crippen LogP contribution in [0.1, 0.15) is 51.7 Å². The number of hydrogen-bond donors (Lipinski definition) is 1. The lowest BCUT2D eigenvalue weighted by molar-refractivity contribution is -0.0344. The van der Waals surface area contributed by atoms with Gasteiger partial charge in [-0.2, -0.15) is 0 Å². The molecule has 0 amide bonds. The Morgan fingerprint density at radius 1 is 1.50 bits per heavy atom. The molecular weight excluding hydrogens is 254 g/mol. The summed E-state index contributed by atoms with van der Waals surface area (Å²) in [6, 6.07) is 1.58. The Balaban J connectivity index is 2.24. The summed E-state index contributed by atoms with van der Waals surface area (Å²) < 4.78 is 5.79. The van der Waals surface area contributed by atoms with Gasteiger partial charge in [0.1, 0.15) is 11.9 Å². The van der Waals surface area contributed by atoms with Crippen LogP contribution in [0.25, 0.3) is 0 Å². The smallest absolute Gasteiger partial charge is 0.251 e. The van der Waals surface area contributed by atoms with Crippen LogP contribution < -0.4 is 5.56 Å². The standard InChI is InChI=1S/C15H25N3O2/c1-5-6-18-7-8-20-11(10-18)14-16-12(15(2,3)4)9-13(19)17-14/h9,11H,5-8,10H2,1-4H3,(H,16,17,19). The Morgan fingerprint density at radius 2 is 2.25 bits per heavy atom. The average Bonchev–Trinajstić information content (AvgIpc) is 2.38. The van der Waals surface area contributed by atoms with Gasteiger partial charge in [0.05, 0.1) is 12.3 Å². The molecule has 2 rings (SSSR count). The first-order chi connectivity index (χ1) is 9.40. The van der Waals surface area contributed by atoms with Gasteiger partial charge in [-0.3, -0.25) is 9.69 Å². The highest BCUT2D eigenvalue weighted by Gasteiger charge is 2.25. The van der Waals surface area contributed by atoms with Crippen molar-refractivity contribution < 1.29 is 4.74 Å². The fraction of sp³-hybridized carbons (Fsp3) is 0.733. The van der Waals surface area contributed by atoms with Crippen LogP contribution in [0.5, 0.6) is 0 Å². The van der Waals surface area contributed by atoms with Crippen LogP contribution in [0.4, 0.5) is 0 Å². The molecule has 5 nitrogen and oxygen atoms in total. The molecule has 1 fully saturated rings. The minimum Gasteiger partial charge on any atom is -0.368 e. The van der Waals surface area contributed by atoms with Gasteiger partial charge in [0.2, 0.25) is 0 Å². The number of hydrogen-bond acceptors (Lipinski definition) is 4. The predicted octanol–water partition coefficient (Wildman–Crippen LogP) is 1.85. The highest BCUT2D eigenvalue weighted by atomic mass is 16.5. The molecule has 1 atom stereocenters. The van der Waals surface area contributed by atoms with E-state index in [1.54, 1.807) is 6.07 Å². The molecule has 1 saturated heterocycles. The normalized spacial score (nSPS) is 21.1. The molecule has 20 heavy (non-hydrogen) atoms. The lowest BCUT2D eigenvalue weighted by atomic mass is 9.92. The van der Waals surface area contributed by atoms with E-state index in [9.17, 15) is 4.79 Å². The molecule has 2 heterocycles. The second-order valence-corrected chi connectivity index (χ2v) is 6.43. The summed E-state index contributed by atoms with van der Waals surface area (Å²) in [5, 5.41) is 0. The van der Waals surface area contributed by atoms with Gasteiger partial charge in [0.15, 0.2) is 0 Å². The molecule has 1 aromatic heterocycles. The molecule has 5 heteroatoms. The summed E-state index contributed by atoms with van der Waals surface area (Å²) in [6.45, 7) is 11.8. The van der Waals surface area contributed by atoms with Crippen molar-refractivity contribution in [3.63, 3.8) is 0 Å². The Kier molecular flexibility index (Phi) is 4.60. The Labute approximate surface area is 120 Å². The minimum absolute atomic E-state index is 0.101. The number of rotatable bonds is 3. The van der Waals surface area contributed by atoms with Gasteiger partial charge in [-0.25, -0.2) is 4.98 Å². The van der Waals surface area contributed by atoms with E-state index in [1.807, 2.05) is 0 Å². The van der Waals surface area contributed by atoms with Gasteiger partial charge >= 0.3 is 0 Å². The van der Waals surface area contributed by atoms with Crippen molar-refractivity contribution in [2.45, 2.75) is 45.6 Å². The van der Waals surface area contributed by atoms with Gasteiger partial charge in [-0.05, 0) is 13.0 Å². The topological polar surface area (TPSA) is 58.2 Å². The Bertz CT molecular complexity index is 503. The van der Waals surface area contributed by atoms with Crippen molar-refractivity contribution in [1.82, 2.24) is 14.9 Å². The SMILES string of the molecule is CCCN1CCOC(c2nc(C(C)(C)C)cc(=O)[nH]2)C1. The molecule has 112 valence electrons. The van der Waals surface area contributed by atoms with Crippen LogP contribution in [-0.4, -0.2) is 41.1 Å². The number of nitrogens with zero attached hydrogens (tertiary/aromatic N) is 2. The maximum Gasteiger partial charge on any atom is 0.251 e. The number of aromatic nitrogens is 2. The van der Waals surface area contributed by atoms with E-state index in [-0.39, 0.29) is 17.1 Å². The van der Waals surface area contributed by atoms with Gasteiger partial charge in [0.25, 0.3) is 5.56 Å². The molecule has 0 bridgehead atoms. The van der Waals surface area contributed by atoms with Crippen molar-refractivity contribution in [1.29, 1.82) is 0 Å². The van der Waals surface area contributed by atoms with E-state index in [2.05, 4.69) is 42.6 Å². The summed E-state index contributed by atoms with van der Waals surface area (Å²) in [7, 11) is 0. The first-order valence-corrected chi connectivity index (χ1v) is 7.36. The summed E-state index contributed by atoms with van der Waals surface area (Å²) in [5.41, 5.74) is 0.574. The van der Waals surface area contributed by atoms with E-state index in [0.29, 0.717) is 12.4 Å². The lowest BCUT2D eigenvalue weighted by Gasteiger charge is -2.32. The molecule has 0 radical (unpaired) electrons. The van der Waals surface area contributed by atoms with Crippen molar-refractivity contribution in [3.05, 3.63) is 27.9 Å². The number of H-pyrrole nitrogens is 1. The summed E-state index contributed by atoms with van der Waals surface area (Å²) in [4.78, 5) is 21.7. The highest BCUT2D eigenvalue weighted by molar-refractivity contribution is 5.13. The third-order valence-corrected chi connectivity index (χ3v) is 3.52. The second kappa shape index (κ2) is 6.06. The Hall–Kier alpha value is -1.20. The van der Waals surface area contributed by atoms with Gasteiger partial charge in [0, 0.05) is 24.6 Å². The first kappa shape index (κ1) is 15.2. The van der Waals surface area contributed by atoms with E-state index in [1.165, 1.54) is 0 Å². The molecule has 1 aliphatic rings. The summed E-state index contributed by atoms with van der Waals surface area (Å²) >= 11 is 0. The average molecular weight is 279 g/mol. The molecule has 0 spiro atoms. The number of morpholine rings is 1. The third kappa shape index (κ3) is 3.67. The molecule has 0 aliphatic carbocycles. The first-order valence-electron chi connectivity index (χ1n) is 7.36. The maximum absolute atomic E-state index is 11.8. The maximum atomic E-state index is 11.8. The van der Waals surface area contributed by atoms with Gasteiger partial charge in [-0.1, -0.05) is 27.7 Å². The zero-order valence-electron chi connectivity index (χ0n) is 12.9. The monoisotopic (exact) mass is 279 g/mol. The quantitative estimate of drug-likeness (QED) is 0.917. The van der Waals surface area contributed by atoms with E-state index in [4.69, 9.17) is 4.74 Å². The largest absolute Gasteiger partial charge is 0.368 e. The lowest BCUT2D eigenvalue weighted by Crippen LogP contribution is -2.40. The molecule has 1 aliphatic heterocycles. The van der Waals surface area contributed by atoms with Gasteiger partial charge in [-0.15, -0.1) is 0 Å². The Morgan fingerprint density at radius 3 is 2.90 bits per heavy atom. The van der Waals surface area contributed by atoms with E-state index < -0.39 is 0 Å². The van der Waals surface area contributed by atoms with Crippen molar-refractivity contribution >= 4 is 0 Å². The fourth-order valence-electron chi connectivity index (χ4n) is 2.40. The van der Waals surface area contributed by atoms with Crippen LogP contribution in [-0.2, 0) is 10.2 Å². The summed E-state index contributed by atoms with van der Waals surface area (Å²) in [6.07, 6.45) is 0.990. The zero-order chi connectivity index (χ0) is 14.8. The molecule has 1 N–H and O–H groups in total. The van der Waals surface area contributed by atoms with Crippen LogP contribution >= 0.6 is 0 Å². The molecule has 1 unspecified atom stereocenters. The fourth-order valence-corrected chi connectivity index (χ4v) is 2.40. The van der Waals surface area contributed by atoms with Crippen LogP contribution in [0.15, 0.2) is 10.9 Å². The van der Waals surface area contributed by atoms with Crippen molar-refractivity contribution in [2.75, 3.05) is 26.2 Å². The van der Waals surface area contributed by atoms with E-state index >= 15 is 0 Å². The van der Waals surface area contributed by atoms with Crippen molar-refractivity contribution in [2.24, 2.45) is 0 Å². The molecule has 1 aromatic rings. The molecule has 0 saturated carbocycles. The molecular formula is C15H25N3O2. The predicted molar refractivity (Wildman–Crippen MR) is 79.0 cm³/mol. The van der Waals surface area contributed by atoms with Crippen LogP contribution in [0.2, 0.25) is 0 Å². The second-order valence-electron chi connectivity index (χ2n) is 6.43. The van der Waals surface area contributed by atoms with Gasteiger partial charge < -0.3 is 9.72 Å². The van der Waals surface area contributed by atoms with Crippen LogP contribution in [0, 0.1) is 0 Å². The van der Waals surface area contributed by atoms with Crippen LogP contribution in [0.3, 0.4) is 0 Å². The molecule has 0 aromatic carbocycles. The van der Waals surface area contributed by atoms with E-state index in [0.717, 1.165) is 31.7 Å². The third-order valence-electron chi connectivity index (χ3n) is 3.52. The summed E-state index contributed by atoms with van der Waals surface area (Å²) in [5.74, 6) is 0.656. The number of nitrogens with one attached hydrogen (secondary N) is 1. The number of ether oxygens (including phenoxy) is 1. The number of aromatic amines is 1. The van der Waals surface area contributed by atoms with Crippen molar-refractivity contribution in [3.8, 4) is 0 Å². The zero-order valence-corrected chi connectivity index (χ0v) is 12.9. The minimum atomic E-state index is -0.138.